The molecule has 2 aromatic heterocycles. The number of nitrogens with one attached hydrogen (secondary N) is 3. The summed E-state index contributed by atoms with van der Waals surface area (Å²) < 4.78 is 0. The largest absolute Gasteiger partial charge is 0.373 e. The fraction of sp³-hybridized carbons (Fsp3) is 0.500. The molecule has 168 valence electrons. The number of aromatic amines is 1. The molecule has 0 unspecified atom stereocenters. The third kappa shape index (κ3) is 4.79. The van der Waals surface area contributed by atoms with Crippen LogP contribution in [0.5, 0.6) is 0 Å². The van der Waals surface area contributed by atoms with Crippen molar-refractivity contribution in [3.8, 4) is 0 Å². The van der Waals surface area contributed by atoms with E-state index in [0.717, 1.165) is 35.7 Å². The molecule has 0 spiro atoms. The Balaban J connectivity index is 1.42. The van der Waals surface area contributed by atoms with Crippen molar-refractivity contribution in [1.29, 1.82) is 0 Å². The van der Waals surface area contributed by atoms with Crippen LogP contribution in [0.15, 0.2) is 36.5 Å². The molecule has 6 heteroatoms. The molecule has 0 aliphatic heterocycles. The van der Waals surface area contributed by atoms with Gasteiger partial charge in [0.15, 0.2) is 0 Å². The highest BCUT2D eigenvalue weighted by Crippen LogP contribution is 2.39. The average molecular weight is 432 g/mol. The van der Waals surface area contributed by atoms with Crippen molar-refractivity contribution in [2.45, 2.75) is 69.7 Å². The monoisotopic (exact) mass is 431 g/mol. The summed E-state index contributed by atoms with van der Waals surface area (Å²) in [6.45, 7) is 0. The van der Waals surface area contributed by atoms with Gasteiger partial charge in [0.05, 0.1) is 11.7 Å². The molecule has 3 N–H and O–H groups in total. The van der Waals surface area contributed by atoms with Crippen LogP contribution in [0.4, 0.5) is 5.82 Å². The lowest BCUT2D eigenvalue weighted by Gasteiger charge is -2.24. The molecule has 2 aliphatic carbocycles. The molecule has 2 fully saturated rings. The van der Waals surface area contributed by atoms with E-state index in [2.05, 4.69) is 45.0 Å². The number of hydrogen-bond acceptors (Lipinski definition) is 4. The van der Waals surface area contributed by atoms with Gasteiger partial charge < -0.3 is 15.6 Å². The average Bonchev–Trinajstić information content (AvgIpc) is 3.60. The first-order valence-electron chi connectivity index (χ1n) is 12.1. The van der Waals surface area contributed by atoms with E-state index >= 15 is 0 Å². The zero-order valence-corrected chi connectivity index (χ0v) is 18.9. The molecular formula is C26H33N5O. The number of hydrogen-bond donors (Lipinski definition) is 3. The molecule has 2 aliphatic rings. The van der Waals surface area contributed by atoms with Crippen LogP contribution in [0.25, 0.3) is 10.9 Å². The van der Waals surface area contributed by atoms with Crippen molar-refractivity contribution in [2.24, 2.45) is 5.92 Å². The lowest BCUT2D eigenvalue weighted by atomic mass is 9.86. The first-order chi connectivity index (χ1) is 15.7. The molecule has 1 amide bonds. The molecule has 2 saturated carbocycles. The van der Waals surface area contributed by atoms with Crippen LogP contribution >= 0.6 is 0 Å². The Morgan fingerprint density at radius 3 is 2.72 bits per heavy atom. The van der Waals surface area contributed by atoms with Crippen LogP contribution in [0.2, 0.25) is 0 Å². The van der Waals surface area contributed by atoms with Crippen LogP contribution in [0.3, 0.4) is 0 Å². The second-order valence-corrected chi connectivity index (χ2v) is 9.45. The Hall–Kier alpha value is -2.89. The van der Waals surface area contributed by atoms with Gasteiger partial charge in [-0.1, -0.05) is 37.5 Å². The zero-order valence-electron chi connectivity index (χ0n) is 18.9. The topological polar surface area (TPSA) is 82.7 Å². The predicted octanol–water partition coefficient (Wildman–Crippen LogP) is 5.25. The fourth-order valence-corrected chi connectivity index (χ4v) is 4.97. The van der Waals surface area contributed by atoms with E-state index in [1.807, 2.05) is 19.2 Å². The minimum atomic E-state index is -0.183. The van der Waals surface area contributed by atoms with Gasteiger partial charge >= 0.3 is 0 Å². The van der Waals surface area contributed by atoms with E-state index in [4.69, 9.17) is 4.98 Å². The third-order valence-corrected chi connectivity index (χ3v) is 6.95. The van der Waals surface area contributed by atoms with Gasteiger partial charge in [-0.2, -0.15) is 0 Å². The van der Waals surface area contributed by atoms with E-state index in [-0.39, 0.29) is 11.9 Å². The number of nitrogens with zero attached hydrogens (tertiary/aromatic N) is 2. The lowest BCUT2D eigenvalue weighted by molar-refractivity contribution is -0.123. The summed E-state index contributed by atoms with van der Waals surface area (Å²) in [6.07, 6.45) is 11.8. The van der Waals surface area contributed by atoms with E-state index in [1.54, 1.807) is 0 Å². The summed E-state index contributed by atoms with van der Waals surface area (Å²) in [5.41, 5.74) is 3.21. The van der Waals surface area contributed by atoms with Crippen LogP contribution in [-0.4, -0.2) is 27.9 Å². The summed E-state index contributed by atoms with van der Waals surface area (Å²) in [6, 6.07) is 10.1. The number of H-pyrrole nitrogens is 1. The molecule has 3 aromatic rings. The molecule has 0 bridgehead atoms. The smallest absolute Gasteiger partial charge is 0.220 e. The minimum Gasteiger partial charge on any atom is -0.373 e. The van der Waals surface area contributed by atoms with E-state index in [1.165, 1.54) is 43.1 Å². The summed E-state index contributed by atoms with van der Waals surface area (Å²) in [4.78, 5) is 26.1. The number of para-hydroxylation sites is 1. The molecular weight excluding hydrogens is 398 g/mol. The van der Waals surface area contributed by atoms with Gasteiger partial charge in [-0.3, -0.25) is 4.79 Å². The first-order valence-corrected chi connectivity index (χ1v) is 12.1. The second kappa shape index (κ2) is 9.31. The number of benzene rings is 1. The van der Waals surface area contributed by atoms with E-state index < -0.39 is 0 Å². The van der Waals surface area contributed by atoms with Crippen LogP contribution in [-0.2, 0) is 11.2 Å². The number of rotatable bonds is 8. The van der Waals surface area contributed by atoms with Crippen LogP contribution in [0, 0.1) is 5.92 Å². The number of aromatic nitrogens is 3. The highest BCUT2D eigenvalue weighted by Gasteiger charge is 2.29. The van der Waals surface area contributed by atoms with Gasteiger partial charge in [0, 0.05) is 49.0 Å². The molecule has 1 atom stereocenters. The number of carbonyl (C=O) groups is 1. The van der Waals surface area contributed by atoms with Crippen LogP contribution in [0.1, 0.15) is 80.4 Å². The standard InChI is InChI=1S/C26H33N5O/c1-27-24-15-23(30-26(31-24)18-11-12-18)22(29-25(32)13-17-7-3-2-4-8-17)14-19-16-28-21-10-6-5-9-20(19)21/h5-6,9-10,15-18,22,28H,2-4,7-8,11-14H2,1H3,(H,29,32)(H,27,30,31)/t22-/m1/s1. The Bertz CT molecular complexity index is 1080. The molecule has 5 rings (SSSR count). The molecule has 6 nitrogen and oxygen atoms in total. The Kier molecular flexibility index (Phi) is 6.10. The first kappa shape index (κ1) is 21.0. The van der Waals surface area contributed by atoms with Crippen molar-refractivity contribution in [3.63, 3.8) is 0 Å². The van der Waals surface area contributed by atoms with Gasteiger partial charge in [0.25, 0.3) is 0 Å². The summed E-state index contributed by atoms with van der Waals surface area (Å²) in [5, 5.41) is 7.73. The van der Waals surface area contributed by atoms with Gasteiger partial charge in [-0.25, -0.2) is 9.97 Å². The molecule has 2 heterocycles. The maximum atomic E-state index is 13.1. The highest BCUT2D eigenvalue weighted by atomic mass is 16.1. The maximum absolute atomic E-state index is 13.1. The predicted molar refractivity (Wildman–Crippen MR) is 128 cm³/mol. The normalized spacial score (nSPS) is 17.9. The number of fused-ring (bicyclic) bond motifs is 1. The Labute approximate surface area is 189 Å². The summed E-state index contributed by atoms with van der Waals surface area (Å²) in [5.74, 6) is 2.82. The van der Waals surface area contributed by atoms with Gasteiger partial charge in [-0.15, -0.1) is 0 Å². The van der Waals surface area contributed by atoms with Gasteiger partial charge in [0.2, 0.25) is 5.91 Å². The summed E-state index contributed by atoms with van der Waals surface area (Å²) >= 11 is 0. The van der Waals surface area contributed by atoms with Gasteiger partial charge in [0.1, 0.15) is 11.6 Å². The highest BCUT2D eigenvalue weighted by molar-refractivity contribution is 5.83. The minimum absolute atomic E-state index is 0.138. The quantitative estimate of drug-likeness (QED) is 0.455. The molecule has 0 radical (unpaired) electrons. The van der Waals surface area contributed by atoms with Crippen molar-refractivity contribution in [1.82, 2.24) is 20.3 Å². The van der Waals surface area contributed by atoms with E-state index in [0.29, 0.717) is 24.7 Å². The zero-order chi connectivity index (χ0) is 21.9. The van der Waals surface area contributed by atoms with Crippen molar-refractivity contribution in [3.05, 3.63) is 53.6 Å². The van der Waals surface area contributed by atoms with Gasteiger partial charge in [-0.05, 0) is 43.2 Å². The van der Waals surface area contributed by atoms with Crippen LogP contribution < -0.4 is 10.6 Å². The second-order valence-electron chi connectivity index (χ2n) is 9.45. The number of carbonyl (C=O) groups excluding carboxylic acids is 1. The lowest BCUT2D eigenvalue weighted by Crippen LogP contribution is -2.32. The van der Waals surface area contributed by atoms with Crippen molar-refractivity contribution >= 4 is 22.6 Å². The van der Waals surface area contributed by atoms with Crippen molar-refractivity contribution in [2.75, 3.05) is 12.4 Å². The Morgan fingerprint density at radius 1 is 1.12 bits per heavy atom. The fourth-order valence-electron chi connectivity index (χ4n) is 4.97. The Morgan fingerprint density at radius 2 is 1.94 bits per heavy atom. The summed E-state index contributed by atoms with van der Waals surface area (Å²) in [7, 11) is 1.89. The molecule has 32 heavy (non-hydrogen) atoms. The third-order valence-electron chi connectivity index (χ3n) is 6.95. The number of anilines is 1. The molecule has 0 saturated heterocycles. The van der Waals surface area contributed by atoms with E-state index in [9.17, 15) is 4.79 Å². The number of amides is 1. The SMILES string of the molecule is CNc1cc([C@@H](Cc2c[nH]c3ccccc23)NC(=O)CC2CCCCC2)nc(C2CC2)n1. The van der Waals surface area contributed by atoms with Crippen molar-refractivity contribution < 1.29 is 4.79 Å². The molecule has 1 aromatic carbocycles. The maximum Gasteiger partial charge on any atom is 0.220 e.